The lowest BCUT2D eigenvalue weighted by Crippen LogP contribution is -2.32. The van der Waals surface area contributed by atoms with Crippen molar-refractivity contribution in [1.29, 1.82) is 0 Å². The van der Waals surface area contributed by atoms with Gasteiger partial charge in [0.05, 0.1) is 27.9 Å². The zero-order valence-electron chi connectivity index (χ0n) is 29.1. The molecule has 54 heavy (non-hydrogen) atoms. The molecule has 0 N–H and O–H groups in total. The number of para-hydroxylation sites is 3. The molecule has 1 aliphatic carbocycles. The number of benzene rings is 7. The number of fused-ring (bicyclic) bond motifs is 10. The first kappa shape index (κ1) is 30.5. The third-order valence-electron chi connectivity index (χ3n) is 11.0. The molecule has 4 nitrogen and oxygen atoms in total. The molecular weight excluding hydrogens is 659 g/mol. The van der Waals surface area contributed by atoms with Gasteiger partial charge >= 0.3 is 0 Å². The van der Waals surface area contributed by atoms with E-state index in [1.807, 2.05) is 48.7 Å². The van der Waals surface area contributed by atoms with Gasteiger partial charge in [0.1, 0.15) is 11.5 Å². The third-order valence-corrected chi connectivity index (χ3v) is 11.0. The van der Waals surface area contributed by atoms with Gasteiger partial charge < -0.3 is 4.74 Å². The van der Waals surface area contributed by atoms with E-state index in [-0.39, 0.29) is 0 Å². The maximum Gasteiger partial charge on any atom is 0.164 e. The molecule has 0 fully saturated rings. The normalized spacial score (nSPS) is 13.1. The quantitative estimate of drug-likeness (QED) is 0.185. The van der Waals surface area contributed by atoms with Gasteiger partial charge in [-0.05, 0) is 40.5 Å². The Morgan fingerprint density at radius 3 is 1.52 bits per heavy atom. The van der Waals surface area contributed by atoms with Crippen molar-refractivity contribution in [3.63, 3.8) is 0 Å². The number of ether oxygens (including phenoxy) is 1. The Hall–Kier alpha value is -7.17. The van der Waals surface area contributed by atoms with Gasteiger partial charge in [0.2, 0.25) is 0 Å². The van der Waals surface area contributed by atoms with Gasteiger partial charge in [0.25, 0.3) is 0 Å². The van der Waals surface area contributed by atoms with Crippen LogP contribution >= 0.6 is 0 Å². The Labute approximate surface area is 313 Å². The van der Waals surface area contributed by atoms with E-state index in [0.29, 0.717) is 5.82 Å². The van der Waals surface area contributed by atoms with E-state index in [1.165, 1.54) is 22.3 Å². The molecule has 0 bridgehead atoms. The predicted octanol–water partition coefficient (Wildman–Crippen LogP) is 12.2. The maximum absolute atomic E-state index is 7.40. The van der Waals surface area contributed by atoms with Gasteiger partial charge in [-0.2, -0.15) is 0 Å². The highest BCUT2D eigenvalue weighted by Crippen LogP contribution is 2.64. The molecule has 0 atom stereocenters. The van der Waals surface area contributed by atoms with Crippen molar-refractivity contribution in [3.8, 4) is 67.7 Å². The average Bonchev–Trinajstić information content (AvgIpc) is 3.54. The SMILES string of the molecule is c1ccc(-c2cc(-c3ccccc3)nc(-c3cccc4c3Oc3c(-c5cccc6cccnc56)cccc3C43c4ccccc4-c4ccccc43)n2)cc1. The molecule has 7 aromatic carbocycles. The summed E-state index contributed by atoms with van der Waals surface area (Å²) >= 11 is 0. The van der Waals surface area contributed by atoms with E-state index in [4.69, 9.17) is 19.7 Å². The number of hydrogen-bond acceptors (Lipinski definition) is 4. The lowest BCUT2D eigenvalue weighted by atomic mass is 9.65. The van der Waals surface area contributed by atoms with Crippen LogP contribution in [-0.2, 0) is 5.41 Å². The summed E-state index contributed by atoms with van der Waals surface area (Å²) < 4.78 is 7.40. The molecule has 3 heterocycles. The number of rotatable bonds is 4. The molecular formula is C50H31N3O. The molecule has 0 radical (unpaired) electrons. The Balaban J connectivity index is 1.24. The van der Waals surface area contributed by atoms with Crippen molar-refractivity contribution in [1.82, 2.24) is 15.0 Å². The van der Waals surface area contributed by atoms with Crippen molar-refractivity contribution < 1.29 is 4.74 Å². The van der Waals surface area contributed by atoms with Crippen LogP contribution in [0.3, 0.4) is 0 Å². The molecule has 0 saturated carbocycles. The Morgan fingerprint density at radius 1 is 0.389 bits per heavy atom. The minimum absolute atomic E-state index is 0.606. The van der Waals surface area contributed by atoms with E-state index >= 15 is 0 Å². The van der Waals surface area contributed by atoms with E-state index in [0.717, 1.165) is 72.7 Å². The molecule has 1 aliphatic heterocycles. The summed E-state index contributed by atoms with van der Waals surface area (Å²) in [5, 5.41) is 1.08. The highest BCUT2D eigenvalue weighted by atomic mass is 16.5. The average molecular weight is 690 g/mol. The molecule has 9 aromatic rings. The minimum atomic E-state index is -0.667. The Kier molecular flexibility index (Phi) is 6.73. The third kappa shape index (κ3) is 4.40. The molecule has 0 unspecified atom stereocenters. The zero-order valence-corrected chi connectivity index (χ0v) is 29.1. The van der Waals surface area contributed by atoms with Crippen molar-refractivity contribution >= 4 is 10.9 Å². The van der Waals surface area contributed by atoms with Gasteiger partial charge in [-0.15, -0.1) is 0 Å². The first-order valence-electron chi connectivity index (χ1n) is 18.3. The summed E-state index contributed by atoms with van der Waals surface area (Å²) in [7, 11) is 0. The van der Waals surface area contributed by atoms with Gasteiger partial charge in [-0.1, -0.05) is 164 Å². The fraction of sp³-hybridized carbons (Fsp3) is 0.0200. The van der Waals surface area contributed by atoms with Crippen LogP contribution in [0.25, 0.3) is 67.1 Å². The monoisotopic (exact) mass is 689 g/mol. The Bertz CT molecular complexity index is 2810. The van der Waals surface area contributed by atoms with Crippen LogP contribution in [0.4, 0.5) is 0 Å². The second-order valence-corrected chi connectivity index (χ2v) is 13.9. The van der Waals surface area contributed by atoms with Crippen LogP contribution < -0.4 is 4.74 Å². The van der Waals surface area contributed by atoms with Crippen LogP contribution in [-0.4, -0.2) is 15.0 Å². The van der Waals surface area contributed by atoms with Crippen LogP contribution in [0.2, 0.25) is 0 Å². The Morgan fingerprint density at radius 2 is 0.870 bits per heavy atom. The van der Waals surface area contributed by atoms with Crippen LogP contribution in [0, 0.1) is 0 Å². The van der Waals surface area contributed by atoms with Gasteiger partial charge in [0.15, 0.2) is 5.82 Å². The summed E-state index contributed by atoms with van der Waals surface area (Å²) in [4.78, 5) is 15.5. The number of hydrogen-bond donors (Lipinski definition) is 0. The molecule has 2 aromatic heterocycles. The number of aromatic nitrogens is 3. The molecule has 4 heteroatoms. The lowest BCUT2D eigenvalue weighted by molar-refractivity contribution is 0.439. The molecule has 2 aliphatic rings. The minimum Gasteiger partial charge on any atom is -0.455 e. The zero-order chi connectivity index (χ0) is 35.6. The standard InChI is InChI=1S/C50H31N3O/c1-3-15-32(16-4-1)44-31-45(33-17-5-2-6-18-33)53-49(52-44)39-25-13-29-43-48(39)54-47-38(37-23-11-19-34-20-14-30-51-46(34)37)24-12-28-42(47)50(43)40-26-9-7-21-35(40)36-22-8-10-27-41(36)50/h1-31H. The van der Waals surface area contributed by atoms with Gasteiger partial charge in [-0.3, -0.25) is 4.98 Å². The topological polar surface area (TPSA) is 47.9 Å². The van der Waals surface area contributed by atoms with Gasteiger partial charge in [-0.25, -0.2) is 9.97 Å². The summed E-state index contributed by atoms with van der Waals surface area (Å²) in [6, 6.07) is 63.9. The number of nitrogens with zero attached hydrogens (tertiary/aromatic N) is 3. The highest BCUT2D eigenvalue weighted by Gasteiger charge is 2.52. The van der Waals surface area contributed by atoms with E-state index in [1.54, 1.807) is 0 Å². The molecule has 252 valence electrons. The summed E-state index contributed by atoms with van der Waals surface area (Å²) in [6.45, 7) is 0. The highest BCUT2D eigenvalue weighted by molar-refractivity contribution is 5.98. The number of pyridine rings is 1. The van der Waals surface area contributed by atoms with Gasteiger partial charge in [0, 0.05) is 45.0 Å². The van der Waals surface area contributed by atoms with E-state index in [9.17, 15) is 0 Å². The van der Waals surface area contributed by atoms with Crippen molar-refractivity contribution in [2.75, 3.05) is 0 Å². The lowest BCUT2D eigenvalue weighted by Gasteiger charge is -2.40. The largest absolute Gasteiger partial charge is 0.455 e. The second-order valence-electron chi connectivity index (χ2n) is 13.9. The fourth-order valence-corrected chi connectivity index (χ4v) is 8.74. The van der Waals surface area contributed by atoms with Crippen LogP contribution in [0.15, 0.2) is 188 Å². The van der Waals surface area contributed by atoms with E-state index < -0.39 is 5.41 Å². The fourth-order valence-electron chi connectivity index (χ4n) is 8.74. The van der Waals surface area contributed by atoms with Crippen LogP contribution in [0.5, 0.6) is 11.5 Å². The molecule has 0 amide bonds. The first-order chi connectivity index (χ1) is 26.8. The summed E-state index contributed by atoms with van der Waals surface area (Å²) in [5.74, 6) is 2.17. The smallest absolute Gasteiger partial charge is 0.164 e. The van der Waals surface area contributed by atoms with Crippen LogP contribution in [0.1, 0.15) is 22.3 Å². The summed E-state index contributed by atoms with van der Waals surface area (Å²) in [5.41, 5.74) is 13.9. The maximum atomic E-state index is 7.40. The first-order valence-corrected chi connectivity index (χ1v) is 18.3. The van der Waals surface area contributed by atoms with Crippen molar-refractivity contribution in [2.45, 2.75) is 5.41 Å². The van der Waals surface area contributed by atoms with Crippen molar-refractivity contribution in [3.05, 3.63) is 210 Å². The predicted molar refractivity (Wildman–Crippen MR) is 216 cm³/mol. The molecule has 0 saturated heterocycles. The molecule has 1 spiro atoms. The van der Waals surface area contributed by atoms with Crippen molar-refractivity contribution in [2.24, 2.45) is 0 Å². The second kappa shape index (κ2) is 11.9. The summed E-state index contributed by atoms with van der Waals surface area (Å²) in [6.07, 6.45) is 1.86. The molecule has 11 rings (SSSR count). The van der Waals surface area contributed by atoms with E-state index in [2.05, 4.69) is 140 Å².